The van der Waals surface area contributed by atoms with Gasteiger partial charge in [0.1, 0.15) is 10.8 Å². The van der Waals surface area contributed by atoms with Gasteiger partial charge < -0.3 is 14.6 Å². The van der Waals surface area contributed by atoms with Gasteiger partial charge in [-0.25, -0.2) is 4.98 Å². The minimum absolute atomic E-state index is 0.0213. The van der Waals surface area contributed by atoms with Crippen molar-refractivity contribution in [3.63, 3.8) is 0 Å². The molecule has 0 aliphatic heterocycles. The number of thiophene rings is 1. The van der Waals surface area contributed by atoms with Gasteiger partial charge in [-0.1, -0.05) is 12.1 Å². The van der Waals surface area contributed by atoms with Crippen LogP contribution in [0, 0.1) is 6.92 Å². The van der Waals surface area contributed by atoms with E-state index >= 15 is 0 Å². The van der Waals surface area contributed by atoms with Gasteiger partial charge in [0.05, 0.1) is 12.1 Å². The number of ether oxygens (including phenoxy) is 1. The fraction of sp³-hybridized carbons (Fsp3) is 0.294. The van der Waals surface area contributed by atoms with Crippen molar-refractivity contribution >= 4 is 40.4 Å². The normalized spacial score (nSPS) is 11.9. The molecule has 3 aromatic heterocycles. The van der Waals surface area contributed by atoms with Crippen LogP contribution >= 0.6 is 22.7 Å². The number of rotatable bonds is 7. The molecule has 0 aromatic carbocycles. The number of aryl methyl sites for hydroxylation is 1. The number of carbonyl (C=O) groups is 2. The lowest BCUT2D eigenvalue weighted by Crippen LogP contribution is -2.32. The lowest BCUT2D eigenvalue weighted by Gasteiger charge is -2.14. The Balaban J connectivity index is 1.56. The molecule has 0 bridgehead atoms. The molecule has 136 valence electrons. The van der Waals surface area contributed by atoms with E-state index in [2.05, 4.69) is 15.5 Å². The van der Waals surface area contributed by atoms with E-state index in [1.54, 1.807) is 31.3 Å². The predicted octanol–water partition coefficient (Wildman–Crippen LogP) is 3.67. The van der Waals surface area contributed by atoms with Gasteiger partial charge in [-0.2, -0.15) is 11.3 Å². The summed E-state index contributed by atoms with van der Waals surface area (Å²) in [6.07, 6.45) is -0.520. The molecule has 0 aliphatic carbocycles. The Hall–Kier alpha value is -2.52. The van der Waals surface area contributed by atoms with Crippen molar-refractivity contribution in [2.75, 3.05) is 5.32 Å². The van der Waals surface area contributed by atoms with Crippen molar-refractivity contribution in [3.8, 4) is 10.6 Å². The van der Waals surface area contributed by atoms with Crippen molar-refractivity contribution in [2.24, 2.45) is 0 Å². The summed E-state index contributed by atoms with van der Waals surface area (Å²) in [5.41, 5.74) is 1.66. The maximum Gasteiger partial charge on any atom is 0.312 e. The molecule has 3 rings (SSSR count). The molecule has 3 aromatic rings. The van der Waals surface area contributed by atoms with E-state index in [0.29, 0.717) is 23.7 Å². The Labute approximate surface area is 158 Å². The first-order valence-electron chi connectivity index (χ1n) is 7.95. The number of hydrogen-bond acceptors (Lipinski definition) is 8. The first kappa shape index (κ1) is 18.3. The maximum absolute atomic E-state index is 12.2. The van der Waals surface area contributed by atoms with E-state index in [1.807, 2.05) is 22.2 Å². The molecule has 0 radical (unpaired) electrons. The molecular weight excluding hydrogens is 374 g/mol. The van der Waals surface area contributed by atoms with E-state index in [1.165, 1.54) is 11.3 Å². The Bertz CT molecular complexity index is 886. The van der Waals surface area contributed by atoms with Crippen LogP contribution < -0.4 is 5.32 Å². The highest BCUT2D eigenvalue weighted by Gasteiger charge is 2.23. The van der Waals surface area contributed by atoms with Crippen LogP contribution in [0.25, 0.3) is 10.6 Å². The van der Waals surface area contributed by atoms with Crippen LogP contribution in [0.4, 0.5) is 5.82 Å². The Morgan fingerprint density at radius 1 is 1.38 bits per heavy atom. The minimum atomic E-state index is -0.894. The second kappa shape index (κ2) is 8.24. The Morgan fingerprint density at radius 2 is 2.23 bits per heavy atom. The smallest absolute Gasteiger partial charge is 0.312 e. The molecule has 1 N–H and O–H groups in total. The first-order valence-corrected chi connectivity index (χ1v) is 9.78. The summed E-state index contributed by atoms with van der Waals surface area (Å²) in [5, 5.41) is 12.9. The van der Waals surface area contributed by atoms with E-state index in [9.17, 15) is 9.59 Å². The monoisotopic (exact) mass is 391 g/mol. The van der Waals surface area contributed by atoms with Gasteiger partial charge in [0.15, 0.2) is 11.9 Å². The molecule has 1 atom stereocenters. The zero-order valence-electron chi connectivity index (χ0n) is 14.2. The summed E-state index contributed by atoms with van der Waals surface area (Å²) in [6, 6.07) is 3.57. The summed E-state index contributed by atoms with van der Waals surface area (Å²) >= 11 is 3.07. The Morgan fingerprint density at radius 3 is 2.88 bits per heavy atom. The molecule has 0 saturated heterocycles. The number of hydrogen-bond donors (Lipinski definition) is 1. The first-order chi connectivity index (χ1) is 12.5. The van der Waals surface area contributed by atoms with Crippen LogP contribution in [0.3, 0.4) is 0 Å². The van der Waals surface area contributed by atoms with Crippen LogP contribution in [0.15, 0.2) is 32.8 Å². The highest BCUT2D eigenvalue weighted by molar-refractivity contribution is 7.14. The lowest BCUT2D eigenvalue weighted by atomic mass is 10.2. The maximum atomic E-state index is 12.2. The standard InChI is InChI=1S/C17H17N3O4S2/c1-3-13(16(22)19-14-6-10(2)24-20-14)23-15(21)7-12-9-26-17(18-12)11-4-5-25-8-11/h4-6,8-9,13H,3,7H2,1-2H3,(H,19,20,22). The average Bonchev–Trinajstić information content (AvgIpc) is 3.34. The molecule has 7 nitrogen and oxygen atoms in total. The fourth-order valence-corrected chi connectivity index (χ4v) is 3.74. The van der Waals surface area contributed by atoms with Crippen molar-refractivity contribution in [1.82, 2.24) is 10.1 Å². The summed E-state index contributed by atoms with van der Waals surface area (Å²) in [6.45, 7) is 3.49. The van der Waals surface area contributed by atoms with Gasteiger partial charge >= 0.3 is 5.97 Å². The number of anilines is 1. The Kier molecular flexibility index (Phi) is 5.79. The molecule has 0 spiro atoms. The van der Waals surface area contributed by atoms with Crippen molar-refractivity contribution in [2.45, 2.75) is 32.8 Å². The molecule has 9 heteroatoms. The van der Waals surface area contributed by atoms with Crippen LogP contribution in [0.1, 0.15) is 24.8 Å². The van der Waals surface area contributed by atoms with Gasteiger partial charge in [-0.15, -0.1) is 11.3 Å². The molecule has 3 heterocycles. The molecule has 26 heavy (non-hydrogen) atoms. The van der Waals surface area contributed by atoms with Crippen LogP contribution in [-0.2, 0) is 20.7 Å². The highest BCUT2D eigenvalue weighted by Crippen LogP contribution is 2.26. The van der Waals surface area contributed by atoms with Crippen molar-refractivity contribution in [1.29, 1.82) is 0 Å². The summed E-state index contributed by atoms with van der Waals surface area (Å²) in [7, 11) is 0. The van der Waals surface area contributed by atoms with E-state index in [0.717, 1.165) is 10.6 Å². The summed E-state index contributed by atoms with van der Waals surface area (Å²) < 4.78 is 10.2. The van der Waals surface area contributed by atoms with Crippen molar-refractivity contribution < 1.29 is 18.8 Å². The predicted molar refractivity (Wildman–Crippen MR) is 99.2 cm³/mol. The molecular formula is C17H17N3O4S2. The van der Waals surface area contributed by atoms with Gasteiger partial charge in [0.25, 0.3) is 5.91 Å². The third-order valence-electron chi connectivity index (χ3n) is 3.46. The zero-order chi connectivity index (χ0) is 18.5. The number of esters is 1. The van der Waals surface area contributed by atoms with Gasteiger partial charge in [0, 0.05) is 22.4 Å². The molecule has 1 unspecified atom stereocenters. The third-order valence-corrected chi connectivity index (χ3v) is 5.08. The highest BCUT2D eigenvalue weighted by atomic mass is 32.1. The number of aromatic nitrogens is 2. The number of amides is 1. The number of carbonyl (C=O) groups excluding carboxylic acids is 2. The van der Waals surface area contributed by atoms with Crippen LogP contribution in [0.2, 0.25) is 0 Å². The van der Waals surface area contributed by atoms with Crippen molar-refractivity contribution in [3.05, 3.63) is 39.7 Å². The lowest BCUT2D eigenvalue weighted by molar-refractivity contribution is -0.153. The average molecular weight is 391 g/mol. The molecule has 1 amide bonds. The van der Waals surface area contributed by atoms with Gasteiger partial charge in [-0.3, -0.25) is 9.59 Å². The SMILES string of the molecule is CCC(OC(=O)Cc1csc(-c2ccsc2)n1)C(=O)Nc1cc(C)on1. The van der Waals surface area contributed by atoms with Crippen LogP contribution in [0.5, 0.6) is 0 Å². The molecule has 0 saturated carbocycles. The zero-order valence-corrected chi connectivity index (χ0v) is 15.9. The van der Waals surface area contributed by atoms with Crippen LogP contribution in [-0.4, -0.2) is 28.1 Å². The second-order valence-corrected chi connectivity index (χ2v) is 7.17. The topological polar surface area (TPSA) is 94.3 Å². The largest absolute Gasteiger partial charge is 0.452 e. The fourth-order valence-electron chi connectivity index (χ4n) is 2.21. The van der Waals surface area contributed by atoms with E-state index in [4.69, 9.17) is 9.26 Å². The summed E-state index contributed by atoms with van der Waals surface area (Å²) in [5.74, 6) is -0.0610. The number of thiazole rings is 1. The van der Waals surface area contributed by atoms with E-state index in [-0.39, 0.29) is 6.42 Å². The third kappa shape index (κ3) is 4.55. The molecule has 0 aliphatic rings. The summed E-state index contributed by atoms with van der Waals surface area (Å²) in [4.78, 5) is 28.8. The van der Waals surface area contributed by atoms with E-state index < -0.39 is 18.0 Å². The minimum Gasteiger partial charge on any atom is -0.452 e. The quantitative estimate of drug-likeness (QED) is 0.618. The van der Waals surface area contributed by atoms with Gasteiger partial charge in [-0.05, 0) is 24.8 Å². The van der Waals surface area contributed by atoms with Gasteiger partial charge in [0.2, 0.25) is 0 Å². The number of nitrogens with zero attached hydrogens (tertiary/aromatic N) is 2. The molecule has 0 fully saturated rings. The second-order valence-electron chi connectivity index (χ2n) is 5.53. The number of nitrogens with one attached hydrogen (secondary N) is 1.